The molecule has 0 fully saturated rings. The van der Waals surface area contributed by atoms with Crippen LogP contribution in [0.4, 0.5) is 0 Å². The average molecular weight is 282 g/mol. The molecule has 20 heavy (non-hydrogen) atoms. The third-order valence-electron chi connectivity index (χ3n) is 3.36. The highest BCUT2D eigenvalue weighted by Gasteiger charge is 2.27. The van der Waals surface area contributed by atoms with Crippen LogP contribution in [-0.4, -0.2) is 39.7 Å². The van der Waals surface area contributed by atoms with Crippen molar-refractivity contribution in [2.24, 2.45) is 5.92 Å². The molecule has 1 aromatic rings. The van der Waals surface area contributed by atoms with Gasteiger partial charge in [-0.25, -0.2) is 4.79 Å². The minimum Gasteiger partial charge on any atom is -0.503 e. The van der Waals surface area contributed by atoms with Gasteiger partial charge in [0.15, 0.2) is 5.75 Å². The summed E-state index contributed by atoms with van der Waals surface area (Å²) in [6.45, 7) is 4.18. The fourth-order valence-electron chi connectivity index (χ4n) is 2.15. The number of aliphatic carboxylic acids is 1. The quantitative estimate of drug-likeness (QED) is 0.821. The van der Waals surface area contributed by atoms with E-state index >= 15 is 0 Å². The Morgan fingerprint density at radius 1 is 1.45 bits per heavy atom. The number of hydrogen-bond acceptors (Lipinski definition) is 4. The van der Waals surface area contributed by atoms with Gasteiger partial charge in [-0.1, -0.05) is 20.3 Å². The van der Waals surface area contributed by atoms with Crippen molar-refractivity contribution in [2.75, 3.05) is 14.1 Å². The van der Waals surface area contributed by atoms with E-state index in [-0.39, 0.29) is 5.92 Å². The van der Waals surface area contributed by atoms with E-state index in [2.05, 4.69) is 0 Å². The molecule has 2 N–H and O–H groups in total. The third kappa shape index (κ3) is 3.60. The van der Waals surface area contributed by atoms with Gasteiger partial charge in [0.05, 0.1) is 6.20 Å². The summed E-state index contributed by atoms with van der Waals surface area (Å²) in [4.78, 5) is 25.0. The highest BCUT2D eigenvalue weighted by atomic mass is 16.4. The van der Waals surface area contributed by atoms with Crippen LogP contribution in [-0.2, 0) is 11.3 Å². The Labute approximate surface area is 118 Å². The van der Waals surface area contributed by atoms with Crippen molar-refractivity contribution in [3.63, 3.8) is 0 Å². The van der Waals surface area contributed by atoms with Gasteiger partial charge >= 0.3 is 5.97 Å². The maximum atomic E-state index is 11.6. The van der Waals surface area contributed by atoms with Crippen molar-refractivity contribution >= 4 is 5.97 Å². The van der Waals surface area contributed by atoms with E-state index in [1.54, 1.807) is 0 Å². The van der Waals surface area contributed by atoms with E-state index in [1.165, 1.54) is 16.8 Å². The van der Waals surface area contributed by atoms with Crippen LogP contribution < -0.4 is 5.43 Å². The average Bonchev–Trinajstić information content (AvgIpc) is 2.34. The Balaban J connectivity index is 3.42. The molecule has 0 spiro atoms. The Bertz CT molecular complexity index is 536. The number of aromatic nitrogens is 1. The summed E-state index contributed by atoms with van der Waals surface area (Å²) in [5.74, 6) is -1.51. The zero-order valence-corrected chi connectivity index (χ0v) is 12.3. The van der Waals surface area contributed by atoms with Gasteiger partial charge in [-0.2, -0.15) is 0 Å². The maximum absolute atomic E-state index is 11.6. The van der Waals surface area contributed by atoms with Gasteiger partial charge in [0.25, 0.3) is 0 Å². The first-order valence-corrected chi connectivity index (χ1v) is 6.59. The molecule has 112 valence electrons. The molecule has 0 radical (unpaired) electrons. The summed E-state index contributed by atoms with van der Waals surface area (Å²) < 4.78 is 1.49. The zero-order valence-electron chi connectivity index (χ0n) is 12.3. The molecule has 0 aliphatic heterocycles. The molecule has 1 heterocycles. The Hall–Kier alpha value is -1.82. The second kappa shape index (κ2) is 6.56. The molecule has 1 aromatic heterocycles. The molecule has 0 amide bonds. The summed E-state index contributed by atoms with van der Waals surface area (Å²) in [5, 5.41) is 19.1. The molecule has 0 saturated carbocycles. The minimum atomic E-state index is -0.970. The Kier molecular flexibility index (Phi) is 5.33. The number of carboxylic acid groups (broad SMARTS) is 1. The van der Waals surface area contributed by atoms with Crippen LogP contribution in [0.2, 0.25) is 0 Å². The molecule has 2 atom stereocenters. The van der Waals surface area contributed by atoms with Crippen molar-refractivity contribution in [2.45, 2.75) is 32.9 Å². The molecule has 0 aromatic carbocycles. The normalized spacial score (nSPS) is 14.2. The number of hydrogen-bond donors (Lipinski definition) is 2. The fourth-order valence-corrected chi connectivity index (χ4v) is 2.15. The zero-order chi connectivity index (χ0) is 15.4. The summed E-state index contributed by atoms with van der Waals surface area (Å²) >= 11 is 0. The van der Waals surface area contributed by atoms with Crippen LogP contribution in [0.3, 0.4) is 0 Å². The van der Waals surface area contributed by atoms with E-state index in [0.717, 1.165) is 0 Å². The number of rotatable bonds is 6. The molecule has 0 aliphatic carbocycles. The van der Waals surface area contributed by atoms with E-state index in [4.69, 9.17) is 0 Å². The summed E-state index contributed by atoms with van der Waals surface area (Å²) in [5.41, 5.74) is 0.0805. The first-order chi connectivity index (χ1) is 9.27. The first-order valence-electron chi connectivity index (χ1n) is 6.59. The van der Waals surface area contributed by atoms with Crippen LogP contribution >= 0.6 is 0 Å². The number of nitrogens with zero attached hydrogens (tertiary/aromatic N) is 2. The molecular formula is C14H22N2O4. The number of pyridine rings is 1. The molecule has 1 rings (SSSR count). The fraction of sp³-hybridized carbons (Fsp3) is 0.571. The Morgan fingerprint density at radius 3 is 2.50 bits per heavy atom. The van der Waals surface area contributed by atoms with Crippen LogP contribution in [0.5, 0.6) is 5.75 Å². The lowest BCUT2D eigenvalue weighted by atomic mass is 9.98. The van der Waals surface area contributed by atoms with Crippen LogP contribution in [0, 0.1) is 5.92 Å². The van der Waals surface area contributed by atoms with Gasteiger partial charge in [-0.05, 0) is 20.0 Å². The topological polar surface area (TPSA) is 82.8 Å². The first kappa shape index (κ1) is 16.2. The summed E-state index contributed by atoms with van der Waals surface area (Å²) in [6, 6.07) is 0.495. The smallest absolute Gasteiger partial charge is 0.326 e. The molecule has 0 aliphatic rings. The van der Waals surface area contributed by atoms with Crippen molar-refractivity contribution in [3.8, 4) is 5.75 Å². The van der Waals surface area contributed by atoms with Crippen molar-refractivity contribution in [3.05, 3.63) is 28.2 Å². The predicted molar refractivity (Wildman–Crippen MR) is 75.9 cm³/mol. The standard InChI is InChI=1S/C14H22N2O4/c1-5-9(2)13(14(19)20)16-8-12(18)11(17)6-10(16)7-15(3)4/h6,8-9,13,18H,5,7H2,1-4H3,(H,19,20). The van der Waals surface area contributed by atoms with Crippen LogP contribution in [0.1, 0.15) is 32.0 Å². The third-order valence-corrected chi connectivity index (χ3v) is 3.36. The summed E-state index contributed by atoms with van der Waals surface area (Å²) in [7, 11) is 3.67. The van der Waals surface area contributed by atoms with Crippen molar-refractivity contribution in [1.29, 1.82) is 0 Å². The van der Waals surface area contributed by atoms with E-state index in [1.807, 2.05) is 32.8 Å². The number of carbonyl (C=O) groups is 1. The highest BCUT2D eigenvalue weighted by Crippen LogP contribution is 2.24. The van der Waals surface area contributed by atoms with Gasteiger partial charge in [0.1, 0.15) is 6.04 Å². The molecule has 2 unspecified atom stereocenters. The Morgan fingerprint density at radius 2 is 2.05 bits per heavy atom. The second-order valence-corrected chi connectivity index (χ2v) is 5.33. The lowest BCUT2D eigenvalue weighted by molar-refractivity contribution is -0.142. The van der Waals surface area contributed by atoms with Crippen molar-refractivity contribution < 1.29 is 15.0 Å². The van der Waals surface area contributed by atoms with Crippen LogP contribution in [0.25, 0.3) is 0 Å². The van der Waals surface area contributed by atoms with Crippen molar-refractivity contribution in [1.82, 2.24) is 9.47 Å². The van der Waals surface area contributed by atoms with Gasteiger partial charge < -0.3 is 19.7 Å². The number of carboxylic acids is 1. The predicted octanol–water partition coefficient (Wildman–Crippen LogP) is 1.29. The van der Waals surface area contributed by atoms with Gasteiger partial charge in [0.2, 0.25) is 5.43 Å². The molecule has 6 heteroatoms. The maximum Gasteiger partial charge on any atom is 0.326 e. The SMILES string of the molecule is CCC(C)C(C(=O)O)n1cc(O)c(=O)cc1CN(C)C. The summed E-state index contributed by atoms with van der Waals surface area (Å²) in [6.07, 6.45) is 1.91. The second-order valence-electron chi connectivity index (χ2n) is 5.33. The van der Waals surface area contributed by atoms with Crippen LogP contribution in [0.15, 0.2) is 17.1 Å². The van der Waals surface area contributed by atoms with Gasteiger partial charge in [-0.3, -0.25) is 4.79 Å². The van der Waals surface area contributed by atoms with E-state index in [0.29, 0.717) is 18.7 Å². The molecule has 6 nitrogen and oxygen atoms in total. The van der Waals surface area contributed by atoms with Gasteiger partial charge in [0, 0.05) is 18.3 Å². The monoisotopic (exact) mass is 282 g/mol. The molecular weight excluding hydrogens is 260 g/mol. The van der Waals surface area contributed by atoms with E-state index < -0.39 is 23.2 Å². The molecule has 0 saturated heterocycles. The largest absolute Gasteiger partial charge is 0.503 e. The molecule has 0 bridgehead atoms. The van der Waals surface area contributed by atoms with Gasteiger partial charge in [-0.15, -0.1) is 0 Å². The lowest BCUT2D eigenvalue weighted by Crippen LogP contribution is -2.30. The minimum absolute atomic E-state index is 0.115. The highest BCUT2D eigenvalue weighted by molar-refractivity contribution is 5.72. The lowest BCUT2D eigenvalue weighted by Gasteiger charge is -2.26. The number of aromatic hydroxyl groups is 1. The van der Waals surface area contributed by atoms with E-state index in [9.17, 15) is 19.8 Å².